The Kier molecular flexibility index (Phi) is 6.77. The second-order valence-corrected chi connectivity index (χ2v) is 7.92. The Labute approximate surface area is 144 Å². The van der Waals surface area contributed by atoms with Gasteiger partial charge in [-0.2, -0.15) is 13.2 Å². The standard InChI is InChI=1S/C17H22F3NO2S/c1-6-11-7-9-12(10-8-11)21-14(24-16(2,3)4)13(15(22)23-5)17(18,19)20/h7-10,21H,6H2,1-5H3/b14-13-. The van der Waals surface area contributed by atoms with Crippen molar-refractivity contribution in [3.8, 4) is 0 Å². The van der Waals surface area contributed by atoms with Crippen LogP contribution < -0.4 is 5.32 Å². The molecule has 3 nitrogen and oxygen atoms in total. The van der Waals surface area contributed by atoms with Crippen LogP contribution in [0.25, 0.3) is 0 Å². The van der Waals surface area contributed by atoms with Gasteiger partial charge < -0.3 is 10.1 Å². The van der Waals surface area contributed by atoms with Gasteiger partial charge in [-0.3, -0.25) is 0 Å². The zero-order chi connectivity index (χ0) is 18.5. The van der Waals surface area contributed by atoms with Gasteiger partial charge >= 0.3 is 12.1 Å². The molecule has 0 bridgehead atoms. The van der Waals surface area contributed by atoms with E-state index in [0.717, 1.165) is 30.9 Å². The van der Waals surface area contributed by atoms with Crippen LogP contribution in [0.4, 0.5) is 18.9 Å². The Morgan fingerprint density at radius 2 is 1.71 bits per heavy atom. The normalized spacial score (nSPS) is 13.3. The van der Waals surface area contributed by atoms with Crippen molar-refractivity contribution in [3.63, 3.8) is 0 Å². The summed E-state index contributed by atoms with van der Waals surface area (Å²) >= 11 is 0.933. The van der Waals surface area contributed by atoms with Gasteiger partial charge in [0.25, 0.3) is 0 Å². The number of carbonyl (C=O) groups is 1. The van der Waals surface area contributed by atoms with Gasteiger partial charge in [0.15, 0.2) is 5.57 Å². The highest BCUT2D eigenvalue weighted by molar-refractivity contribution is 8.04. The third kappa shape index (κ3) is 6.11. The van der Waals surface area contributed by atoms with Gasteiger partial charge in [0.05, 0.1) is 12.1 Å². The average molecular weight is 361 g/mol. The molecule has 1 aromatic carbocycles. The van der Waals surface area contributed by atoms with E-state index in [9.17, 15) is 18.0 Å². The van der Waals surface area contributed by atoms with Crippen LogP contribution in [0.5, 0.6) is 0 Å². The van der Waals surface area contributed by atoms with Crippen LogP contribution >= 0.6 is 11.8 Å². The summed E-state index contributed by atoms with van der Waals surface area (Å²) in [5.41, 5.74) is 0.215. The summed E-state index contributed by atoms with van der Waals surface area (Å²) in [5.74, 6) is -1.41. The number of hydrogen-bond acceptors (Lipinski definition) is 4. The number of benzene rings is 1. The smallest absolute Gasteiger partial charge is 0.425 e. The Bertz CT molecular complexity index is 602. The Morgan fingerprint density at radius 1 is 1.17 bits per heavy atom. The second kappa shape index (κ2) is 7.96. The van der Waals surface area contributed by atoms with E-state index < -0.39 is 22.5 Å². The maximum absolute atomic E-state index is 13.4. The zero-order valence-electron chi connectivity index (χ0n) is 14.4. The van der Waals surface area contributed by atoms with Crippen LogP contribution in [0.2, 0.25) is 0 Å². The molecule has 0 unspecified atom stereocenters. The molecule has 7 heteroatoms. The lowest BCUT2D eigenvalue weighted by Gasteiger charge is -2.24. The predicted octanol–water partition coefficient (Wildman–Crippen LogP) is 5.14. The molecule has 0 saturated carbocycles. The first-order valence-corrected chi connectivity index (χ1v) is 8.24. The molecule has 0 aromatic heterocycles. The second-order valence-electron chi connectivity index (χ2n) is 6.08. The quantitative estimate of drug-likeness (QED) is 0.582. The molecule has 0 atom stereocenters. The summed E-state index contributed by atoms with van der Waals surface area (Å²) < 4.78 is 44.0. The van der Waals surface area contributed by atoms with Gasteiger partial charge in [-0.05, 0) is 24.1 Å². The maximum atomic E-state index is 13.4. The number of ether oxygens (including phenoxy) is 1. The van der Waals surface area contributed by atoms with Crippen molar-refractivity contribution < 1.29 is 22.7 Å². The lowest BCUT2D eigenvalue weighted by Crippen LogP contribution is -2.26. The van der Waals surface area contributed by atoms with Crippen LogP contribution in [0, 0.1) is 0 Å². The Morgan fingerprint density at radius 3 is 2.08 bits per heavy atom. The van der Waals surface area contributed by atoms with Gasteiger partial charge in [-0.15, -0.1) is 11.8 Å². The fourth-order valence-electron chi connectivity index (χ4n) is 1.84. The largest absolute Gasteiger partial charge is 0.465 e. The predicted molar refractivity (Wildman–Crippen MR) is 91.9 cm³/mol. The van der Waals surface area contributed by atoms with Crippen LogP contribution in [0.3, 0.4) is 0 Å². The average Bonchev–Trinajstić information content (AvgIpc) is 2.44. The molecule has 0 fully saturated rings. The molecule has 0 saturated heterocycles. The fourth-order valence-corrected chi connectivity index (χ4v) is 2.92. The molecule has 0 aliphatic carbocycles. The molecule has 1 N–H and O–H groups in total. The van der Waals surface area contributed by atoms with E-state index in [4.69, 9.17) is 0 Å². The molecule has 0 spiro atoms. The molecular formula is C17H22F3NO2S. The number of methoxy groups -OCH3 is 1. The lowest BCUT2D eigenvalue weighted by atomic mass is 10.1. The first-order chi connectivity index (χ1) is 11.0. The number of esters is 1. The van der Waals surface area contributed by atoms with Gasteiger partial charge in [0.2, 0.25) is 0 Å². The Hall–Kier alpha value is -1.63. The molecule has 0 radical (unpaired) electrons. The monoisotopic (exact) mass is 361 g/mol. The molecule has 0 amide bonds. The highest BCUT2D eigenvalue weighted by Gasteiger charge is 2.43. The van der Waals surface area contributed by atoms with E-state index in [1.165, 1.54) is 0 Å². The summed E-state index contributed by atoms with van der Waals surface area (Å²) in [6.45, 7) is 7.29. The number of alkyl halides is 3. The molecule has 134 valence electrons. The first kappa shape index (κ1) is 20.4. The topological polar surface area (TPSA) is 38.3 Å². The van der Waals surface area contributed by atoms with E-state index in [1.54, 1.807) is 32.9 Å². The van der Waals surface area contributed by atoms with E-state index in [-0.39, 0.29) is 5.03 Å². The van der Waals surface area contributed by atoms with Crippen LogP contribution in [0.15, 0.2) is 34.9 Å². The number of halogens is 3. The van der Waals surface area contributed by atoms with E-state index in [0.29, 0.717) is 5.69 Å². The molecular weight excluding hydrogens is 339 g/mol. The van der Waals surface area contributed by atoms with Crippen molar-refractivity contribution in [1.29, 1.82) is 0 Å². The SMILES string of the molecule is CCc1ccc(N/C(SC(C)(C)C)=C(\C(=O)OC)C(F)(F)F)cc1. The van der Waals surface area contributed by atoms with E-state index >= 15 is 0 Å². The molecule has 24 heavy (non-hydrogen) atoms. The van der Waals surface area contributed by atoms with Gasteiger partial charge in [0, 0.05) is 10.4 Å². The molecule has 1 rings (SSSR count). The molecule has 0 heterocycles. The molecule has 0 aliphatic rings. The summed E-state index contributed by atoms with van der Waals surface area (Å²) in [6, 6.07) is 7.03. The van der Waals surface area contributed by atoms with Crippen LogP contribution in [0.1, 0.15) is 33.3 Å². The fraction of sp³-hybridized carbons (Fsp3) is 0.471. The van der Waals surface area contributed by atoms with Crippen LogP contribution in [-0.2, 0) is 16.0 Å². The van der Waals surface area contributed by atoms with Gasteiger partial charge in [0.1, 0.15) is 0 Å². The summed E-state index contributed by atoms with van der Waals surface area (Å²) in [4.78, 5) is 11.7. The van der Waals surface area contributed by atoms with E-state index in [1.807, 2.05) is 19.1 Å². The lowest BCUT2D eigenvalue weighted by molar-refractivity contribution is -0.148. The van der Waals surface area contributed by atoms with Crippen molar-refractivity contribution in [2.75, 3.05) is 12.4 Å². The van der Waals surface area contributed by atoms with Gasteiger partial charge in [-0.1, -0.05) is 39.8 Å². The number of nitrogens with one attached hydrogen (secondary N) is 1. The number of carbonyl (C=O) groups excluding carboxylic acids is 1. The first-order valence-electron chi connectivity index (χ1n) is 7.42. The highest BCUT2D eigenvalue weighted by Crippen LogP contribution is 2.39. The zero-order valence-corrected chi connectivity index (χ0v) is 15.2. The van der Waals surface area contributed by atoms with Gasteiger partial charge in [-0.25, -0.2) is 4.79 Å². The highest BCUT2D eigenvalue weighted by atomic mass is 32.2. The number of aryl methyl sites for hydroxylation is 1. The summed E-state index contributed by atoms with van der Waals surface area (Å²) in [5, 5.41) is 2.46. The molecule has 1 aromatic rings. The number of rotatable bonds is 5. The minimum absolute atomic E-state index is 0.272. The number of thioether (sulfide) groups is 1. The maximum Gasteiger partial charge on any atom is 0.425 e. The summed E-state index contributed by atoms with van der Waals surface area (Å²) in [6.07, 6.45) is -3.99. The van der Waals surface area contributed by atoms with Crippen molar-refractivity contribution in [2.24, 2.45) is 0 Å². The molecule has 0 aliphatic heterocycles. The van der Waals surface area contributed by atoms with Crippen molar-refractivity contribution >= 4 is 23.4 Å². The number of hydrogen-bond donors (Lipinski definition) is 1. The minimum Gasteiger partial charge on any atom is -0.465 e. The minimum atomic E-state index is -4.82. The van der Waals surface area contributed by atoms with Crippen molar-refractivity contribution in [3.05, 3.63) is 40.4 Å². The number of anilines is 1. The van der Waals surface area contributed by atoms with Crippen molar-refractivity contribution in [1.82, 2.24) is 0 Å². The third-order valence-corrected chi connectivity index (χ3v) is 4.05. The summed E-state index contributed by atoms with van der Waals surface area (Å²) in [7, 11) is 0.934. The van der Waals surface area contributed by atoms with Crippen LogP contribution in [-0.4, -0.2) is 24.0 Å². The third-order valence-electron chi connectivity index (χ3n) is 2.93. The van der Waals surface area contributed by atoms with Crippen molar-refractivity contribution in [2.45, 2.75) is 45.0 Å². The van der Waals surface area contributed by atoms with E-state index in [2.05, 4.69) is 10.1 Å². The Balaban J connectivity index is 3.36.